The second-order valence-corrected chi connectivity index (χ2v) is 5.06. The lowest BCUT2D eigenvalue weighted by Crippen LogP contribution is -2.44. The van der Waals surface area contributed by atoms with Gasteiger partial charge in [0.05, 0.1) is 13.7 Å². The Kier molecular flexibility index (Phi) is 6.02. The van der Waals surface area contributed by atoms with Crippen molar-refractivity contribution < 1.29 is 14.3 Å². The number of methoxy groups -OCH3 is 1. The summed E-state index contributed by atoms with van der Waals surface area (Å²) in [6.45, 7) is 7.35. The van der Waals surface area contributed by atoms with Gasteiger partial charge in [0.1, 0.15) is 0 Å². The van der Waals surface area contributed by atoms with E-state index in [1.54, 1.807) is 19.2 Å². The number of benzene rings is 1. The maximum Gasteiger partial charge on any atom is 0.164 e. The molecule has 1 N–H and O–H groups in total. The number of carbonyl (C=O) groups excluding carboxylic acids is 1. The van der Waals surface area contributed by atoms with E-state index < -0.39 is 0 Å². The second-order valence-electron chi connectivity index (χ2n) is 5.06. The van der Waals surface area contributed by atoms with E-state index in [2.05, 4.69) is 10.2 Å². The van der Waals surface area contributed by atoms with Crippen LogP contribution in [0.15, 0.2) is 18.2 Å². The van der Waals surface area contributed by atoms with Gasteiger partial charge < -0.3 is 19.7 Å². The van der Waals surface area contributed by atoms with Gasteiger partial charge in [-0.2, -0.15) is 0 Å². The number of hydrogen-bond donors (Lipinski definition) is 1. The quantitative estimate of drug-likeness (QED) is 0.773. The first-order chi connectivity index (χ1) is 10.2. The highest BCUT2D eigenvalue weighted by Gasteiger charge is 2.14. The number of Topliss-reactive ketones (excluding diaryl/α,β-unsaturated/α-hetero) is 1. The van der Waals surface area contributed by atoms with Crippen molar-refractivity contribution in [1.82, 2.24) is 10.2 Å². The minimum atomic E-state index is 0.148. The molecular weight excluding hydrogens is 268 g/mol. The molecule has 5 heteroatoms. The molecule has 1 fully saturated rings. The van der Waals surface area contributed by atoms with Crippen molar-refractivity contribution in [3.63, 3.8) is 0 Å². The Balaban J connectivity index is 1.95. The van der Waals surface area contributed by atoms with Gasteiger partial charge in [-0.05, 0) is 25.1 Å². The number of ketones is 1. The molecule has 1 saturated heterocycles. The van der Waals surface area contributed by atoms with Crippen LogP contribution >= 0.6 is 0 Å². The summed E-state index contributed by atoms with van der Waals surface area (Å²) < 4.78 is 10.8. The van der Waals surface area contributed by atoms with Crippen molar-refractivity contribution in [2.45, 2.75) is 13.3 Å². The topological polar surface area (TPSA) is 50.8 Å². The molecule has 0 bridgehead atoms. The summed E-state index contributed by atoms with van der Waals surface area (Å²) in [5.41, 5.74) is 0.686. The van der Waals surface area contributed by atoms with Gasteiger partial charge in [-0.1, -0.05) is 0 Å². The zero-order chi connectivity index (χ0) is 15.1. The van der Waals surface area contributed by atoms with Crippen LogP contribution in [-0.4, -0.2) is 57.1 Å². The van der Waals surface area contributed by atoms with E-state index in [9.17, 15) is 4.79 Å². The van der Waals surface area contributed by atoms with Crippen molar-refractivity contribution in [2.24, 2.45) is 0 Å². The predicted octanol–water partition coefficient (Wildman–Crippen LogP) is 1.57. The van der Waals surface area contributed by atoms with Gasteiger partial charge in [0.2, 0.25) is 0 Å². The largest absolute Gasteiger partial charge is 0.493 e. The number of nitrogens with zero attached hydrogens (tertiary/aromatic N) is 1. The lowest BCUT2D eigenvalue weighted by molar-refractivity contribution is 0.0960. The molecule has 0 aliphatic carbocycles. The highest BCUT2D eigenvalue weighted by atomic mass is 16.5. The lowest BCUT2D eigenvalue weighted by Gasteiger charge is -2.26. The summed E-state index contributed by atoms with van der Waals surface area (Å²) in [7, 11) is 1.59. The van der Waals surface area contributed by atoms with E-state index in [4.69, 9.17) is 9.47 Å². The maximum absolute atomic E-state index is 12.3. The summed E-state index contributed by atoms with van der Waals surface area (Å²) >= 11 is 0. The van der Waals surface area contributed by atoms with Crippen LogP contribution in [0.5, 0.6) is 11.5 Å². The molecule has 0 unspecified atom stereocenters. The van der Waals surface area contributed by atoms with Gasteiger partial charge in [-0.3, -0.25) is 4.79 Å². The molecule has 1 heterocycles. The molecule has 0 radical (unpaired) electrons. The maximum atomic E-state index is 12.3. The molecule has 5 nitrogen and oxygen atoms in total. The Morgan fingerprint density at radius 1 is 1.29 bits per heavy atom. The fourth-order valence-corrected chi connectivity index (χ4v) is 2.45. The van der Waals surface area contributed by atoms with Gasteiger partial charge in [-0.15, -0.1) is 0 Å². The van der Waals surface area contributed by atoms with Crippen LogP contribution in [0.4, 0.5) is 0 Å². The van der Waals surface area contributed by atoms with Crippen molar-refractivity contribution in [1.29, 1.82) is 0 Å². The second kappa shape index (κ2) is 8.00. The average Bonchev–Trinajstić information content (AvgIpc) is 2.54. The van der Waals surface area contributed by atoms with Crippen molar-refractivity contribution in [2.75, 3.05) is 46.4 Å². The Morgan fingerprint density at radius 3 is 2.71 bits per heavy atom. The van der Waals surface area contributed by atoms with Crippen LogP contribution in [0.2, 0.25) is 0 Å². The Bertz CT molecular complexity index is 471. The molecule has 0 saturated carbocycles. The number of ether oxygens (including phenoxy) is 2. The molecule has 2 rings (SSSR count). The molecule has 0 atom stereocenters. The summed E-state index contributed by atoms with van der Waals surface area (Å²) in [5.74, 6) is 1.44. The smallest absolute Gasteiger partial charge is 0.164 e. The van der Waals surface area contributed by atoms with Crippen molar-refractivity contribution >= 4 is 5.78 Å². The molecule has 1 aromatic rings. The van der Waals surface area contributed by atoms with Crippen LogP contribution in [-0.2, 0) is 0 Å². The van der Waals surface area contributed by atoms with Crippen LogP contribution < -0.4 is 14.8 Å². The van der Waals surface area contributed by atoms with Crippen LogP contribution in [0.1, 0.15) is 23.7 Å². The Hall–Kier alpha value is -1.59. The minimum Gasteiger partial charge on any atom is -0.493 e. The number of carbonyl (C=O) groups is 1. The van der Waals surface area contributed by atoms with E-state index >= 15 is 0 Å². The normalized spacial score (nSPS) is 15.7. The zero-order valence-electron chi connectivity index (χ0n) is 12.9. The first kappa shape index (κ1) is 15.8. The number of hydrogen-bond acceptors (Lipinski definition) is 5. The van der Waals surface area contributed by atoms with Crippen LogP contribution in [0.25, 0.3) is 0 Å². The van der Waals surface area contributed by atoms with Crippen LogP contribution in [0.3, 0.4) is 0 Å². The van der Waals surface area contributed by atoms with Gasteiger partial charge in [-0.25, -0.2) is 0 Å². The van der Waals surface area contributed by atoms with E-state index in [1.807, 2.05) is 13.0 Å². The third kappa shape index (κ3) is 4.44. The van der Waals surface area contributed by atoms with Crippen LogP contribution in [0, 0.1) is 0 Å². The fourth-order valence-electron chi connectivity index (χ4n) is 2.45. The number of piperazine rings is 1. The first-order valence-electron chi connectivity index (χ1n) is 7.51. The SMILES string of the molecule is CCOc1ccc(C(=O)CCN2CCNCC2)cc1OC. The molecule has 1 aliphatic rings. The number of nitrogens with one attached hydrogen (secondary N) is 1. The van der Waals surface area contributed by atoms with E-state index in [1.165, 1.54) is 0 Å². The first-order valence-corrected chi connectivity index (χ1v) is 7.51. The number of rotatable bonds is 7. The Labute approximate surface area is 126 Å². The molecule has 116 valence electrons. The van der Waals surface area contributed by atoms with Gasteiger partial charge >= 0.3 is 0 Å². The van der Waals surface area contributed by atoms with Gasteiger partial charge in [0, 0.05) is 44.7 Å². The van der Waals surface area contributed by atoms with Gasteiger partial charge in [0.25, 0.3) is 0 Å². The molecular formula is C16H24N2O3. The molecule has 21 heavy (non-hydrogen) atoms. The van der Waals surface area contributed by atoms with E-state index in [0.717, 1.165) is 32.7 Å². The average molecular weight is 292 g/mol. The standard InChI is InChI=1S/C16H24N2O3/c1-3-21-15-5-4-13(12-16(15)20-2)14(19)6-9-18-10-7-17-8-11-18/h4-5,12,17H,3,6-11H2,1-2H3. The lowest BCUT2D eigenvalue weighted by atomic mass is 10.1. The summed E-state index contributed by atoms with van der Waals surface area (Å²) in [4.78, 5) is 14.6. The van der Waals surface area contributed by atoms with E-state index in [-0.39, 0.29) is 5.78 Å². The zero-order valence-corrected chi connectivity index (χ0v) is 12.9. The van der Waals surface area contributed by atoms with Crippen molar-refractivity contribution in [3.8, 4) is 11.5 Å². The summed E-state index contributed by atoms with van der Waals surface area (Å²) in [6, 6.07) is 5.39. The third-order valence-corrected chi connectivity index (χ3v) is 3.65. The Morgan fingerprint density at radius 2 is 2.05 bits per heavy atom. The van der Waals surface area contributed by atoms with E-state index in [0.29, 0.717) is 30.1 Å². The highest BCUT2D eigenvalue weighted by molar-refractivity contribution is 5.96. The monoisotopic (exact) mass is 292 g/mol. The van der Waals surface area contributed by atoms with Crippen molar-refractivity contribution in [3.05, 3.63) is 23.8 Å². The predicted molar refractivity (Wildman–Crippen MR) is 82.4 cm³/mol. The third-order valence-electron chi connectivity index (χ3n) is 3.65. The molecule has 1 aliphatic heterocycles. The minimum absolute atomic E-state index is 0.148. The molecule has 1 aromatic carbocycles. The van der Waals surface area contributed by atoms with Gasteiger partial charge in [0.15, 0.2) is 17.3 Å². The highest BCUT2D eigenvalue weighted by Crippen LogP contribution is 2.28. The molecule has 0 aromatic heterocycles. The molecule has 0 spiro atoms. The molecule has 0 amide bonds. The summed E-state index contributed by atoms with van der Waals surface area (Å²) in [6.07, 6.45) is 0.539. The fraction of sp³-hybridized carbons (Fsp3) is 0.562. The summed E-state index contributed by atoms with van der Waals surface area (Å²) in [5, 5.41) is 3.31.